The molecule has 1 saturated heterocycles. The highest BCUT2D eigenvalue weighted by Gasteiger charge is 2.20. The Morgan fingerprint density at radius 3 is 2.68 bits per heavy atom. The van der Waals surface area contributed by atoms with Gasteiger partial charge >= 0.3 is 0 Å². The van der Waals surface area contributed by atoms with E-state index in [1.165, 1.54) is 24.8 Å². The summed E-state index contributed by atoms with van der Waals surface area (Å²) in [5, 5.41) is 4.24. The molecule has 4 heteroatoms. The SMILES string of the molecule is COc1cc(C)c(CC2CCCCN2)c(Cl)c1OC. The van der Waals surface area contributed by atoms with Crippen molar-refractivity contribution >= 4 is 11.6 Å². The Morgan fingerprint density at radius 2 is 2.11 bits per heavy atom. The quantitative estimate of drug-likeness (QED) is 0.919. The molecule has 1 N–H and O–H groups in total. The predicted octanol–water partition coefficient (Wildman–Crippen LogP) is 3.35. The Hall–Kier alpha value is -0.930. The van der Waals surface area contributed by atoms with Crippen molar-refractivity contribution in [3.8, 4) is 11.5 Å². The molecule has 0 radical (unpaired) electrons. The summed E-state index contributed by atoms with van der Waals surface area (Å²) in [6.45, 7) is 3.18. The third-order valence-electron chi connectivity index (χ3n) is 3.80. The van der Waals surface area contributed by atoms with Crippen LogP contribution in [0.1, 0.15) is 30.4 Å². The molecule has 0 saturated carbocycles. The maximum Gasteiger partial charge on any atom is 0.179 e. The highest BCUT2D eigenvalue weighted by atomic mass is 35.5. The van der Waals surface area contributed by atoms with Crippen LogP contribution in [0, 0.1) is 6.92 Å². The molecule has 106 valence electrons. The van der Waals surface area contributed by atoms with E-state index in [0.29, 0.717) is 22.6 Å². The van der Waals surface area contributed by atoms with Gasteiger partial charge < -0.3 is 14.8 Å². The smallest absolute Gasteiger partial charge is 0.179 e. The Kier molecular flexibility index (Phi) is 4.94. The minimum absolute atomic E-state index is 0.517. The van der Waals surface area contributed by atoms with E-state index < -0.39 is 0 Å². The molecule has 1 unspecified atom stereocenters. The van der Waals surface area contributed by atoms with Gasteiger partial charge in [-0.1, -0.05) is 18.0 Å². The summed E-state index contributed by atoms with van der Waals surface area (Å²) in [5.74, 6) is 1.34. The standard InChI is InChI=1S/C15H22ClNO2/c1-10-8-13(18-2)15(19-3)14(16)12(10)9-11-6-4-5-7-17-11/h8,11,17H,4-7,9H2,1-3H3. The molecular formula is C15H22ClNO2. The number of ether oxygens (including phenoxy) is 2. The summed E-state index contributed by atoms with van der Waals surface area (Å²) in [6, 6.07) is 2.52. The predicted molar refractivity (Wildman–Crippen MR) is 78.6 cm³/mol. The van der Waals surface area contributed by atoms with Crippen molar-refractivity contribution in [3.05, 3.63) is 22.2 Å². The number of benzene rings is 1. The summed E-state index contributed by atoms with van der Waals surface area (Å²) < 4.78 is 10.7. The average molecular weight is 284 g/mol. The number of hydrogen-bond acceptors (Lipinski definition) is 3. The second-order valence-electron chi connectivity index (χ2n) is 5.07. The average Bonchev–Trinajstić information content (AvgIpc) is 2.44. The van der Waals surface area contributed by atoms with Crippen LogP contribution in [0.15, 0.2) is 6.07 Å². The Labute approximate surface area is 120 Å². The zero-order valence-corrected chi connectivity index (χ0v) is 12.6. The van der Waals surface area contributed by atoms with Gasteiger partial charge in [0.05, 0.1) is 19.2 Å². The van der Waals surface area contributed by atoms with Gasteiger partial charge in [0, 0.05) is 6.04 Å². The molecule has 0 aromatic heterocycles. The Balaban J connectivity index is 2.28. The molecule has 1 atom stereocenters. The molecule has 0 spiro atoms. The van der Waals surface area contributed by atoms with Crippen molar-refractivity contribution < 1.29 is 9.47 Å². The summed E-state index contributed by atoms with van der Waals surface area (Å²) in [5.41, 5.74) is 2.33. The first kappa shape index (κ1) is 14.5. The highest BCUT2D eigenvalue weighted by molar-refractivity contribution is 6.33. The molecule has 0 aliphatic carbocycles. The van der Waals surface area contributed by atoms with Crippen LogP contribution in [0.5, 0.6) is 11.5 Å². The lowest BCUT2D eigenvalue weighted by atomic mass is 9.95. The van der Waals surface area contributed by atoms with Gasteiger partial charge in [-0.2, -0.15) is 0 Å². The zero-order chi connectivity index (χ0) is 13.8. The van der Waals surface area contributed by atoms with E-state index in [1.807, 2.05) is 6.07 Å². The molecule has 19 heavy (non-hydrogen) atoms. The second-order valence-corrected chi connectivity index (χ2v) is 5.45. The summed E-state index contributed by atoms with van der Waals surface area (Å²) in [7, 11) is 3.26. The van der Waals surface area contributed by atoms with E-state index in [4.69, 9.17) is 21.1 Å². The van der Waals surface area contributed by atoms with Crippen LogP contribution >= 0.6 is 11.6 Å². The maximum absolute atomic E-state index is 6.48. The van der Waals surface area contributed by atoms with Crippen molar-refractivity contribution in [2.75, 3.05) is 20.8 Å². The van der Waals surface area contributed by atoms with E-state index in [0.717, 1.165) is 18.5 Å². The van der Waals surface area contributed by atoms with Crippen molar-refractivity contribution in [2.45, 2.75) is 38.6 Å². The third kappa shape index (κ3) is 3.15. The molecule has 1 aliphatic heterocycles. The second kappa shape index (κ2) is 6.49. The molecule has 2 rings (SSSR count). The van der Waals surface area contributed by atoms with Crippen molar-refractivity contribution in [1.29, 1.82) is 0 Å². The first-order valence-corrected chi connectivity index (χ1v) is 7.18. The largest absolute Gasteiger partial charge is 0.493 e. The Bertz CT molecular complexity index is 442. The summed E-state index contributed by atoms with van der Waals surface area (Å²) in [6.07, 6.45) is 4.73. The molecule has 1 heterocycles. The molecular weight excluding hydrogens is 262 g/mol. The van der Waals surface area contributed by atoms with Crippen LogP contribution in [0.25, 0.3) is 0 Å². The number of aryl methyl sites for hydroxylation is 1. The lowest BCUT2D eigenvalue weighted by Crippen LogP contribution is -2.35. The topological polar surface area (TPSA) is 30.5 Å². The van der Waals surface area contributed by atoms with E-state index in [1.54, 1.807) is 14.2 Å². The van der Waals surface area contributed by atoms with Gasteiger partial charge in [0.25, 0.3) is 0 Å². The van der Waals surface area contributed by atoms with Crippen LogP contribution < -0.4 is 14.8 Å². The fraction of sp³-hybridized carbons (Fsp3) is 0.600. The third-order valence-corrected chi connectivity index (χ3v) is 4.20. The van der Waals surface area contributed by atoms with Crippen LogP contribution in [0.4, 0.5) is 0 Å². The van der Waals surface area contributed by atoms with Gasteiger partial charge in [0.1, 0.15) is 0 Å². The molecule has 0 bridgehead atoms. The molecule has 1 fully saturated rings. The monoisotopic (exact) mass is 283 g/mol. The first-order chi connectivity index (χ1) is 9.17. The van der Waals surface area contributed by atoms with Crippen molar-refractivity contribution in [3.63, 3.8) is 0 Å². The lowest BCUT2D eigenvalue weighted by Gasteiger charge is -2.25. The van der Waals surface area contributed by atoms with E-state index >= 15 is 0 Å². The zero-order valence-electron chi connectivity index (χ0n) is 11.9. The van der Waals surface area contributed by atoms with Gasteiger partial charge in [-0.3, -0.25) is 0 Å². The molecule has 1 aromatic rings. The molecule has 3 nitrogen and oxygen atoms in total. The van der Waals surface area contributed by atoms with Crippen LogP contribution in [0.3, 0.4) is 0 Å². The molecule has 1 aromatic carbocycles. The van der Waals surface area contributed by atoms with Crippen LogP contribution in [0.2, 0.25) is 5.02 Å². The van der Waals surface area contributed by atoms with Gasteiger partial charge in [-0.15, -0.1) is 0 Å². The van der Waals surface area contributed by atoms with E-state index in [9.17, 15) is 0 Å². The minimum atomic E-state index is 0.517. The highest BCUT2D eigenvalue weighted by Crippen LogP contribution is 2.40. The number of methoxy groups -OCH3 is 2. The first-order valence-electron chi connectivity index (χ1n) is 6.80. The fourth-order valence-electron chi connectivity index (χ4n) is 2.70. The van der Waals surface area contributed by atoms with Crippen LogP contribution in [-0.2, 0) is 6.42 Å². The van der Waals surface area contributed by atoms with Gasteiger partial charge in [0.2, 0.25) is 0 Å². The fourth-order valence-corrected chi connectivity index (χ4v) is 3.10. The lowest BCUT2D eigenvalue weighted by molar-refractivity contribution is 0.353. The molecule has 0 amide bonds. The summed E-state index contributed by atoms with van der Waals surface area (Å²) >= 11 is 6.48. The van der Waals surface area contributed by atoms with E-state index in [-0.39, 0.29) is 0 Å². The van der Waals surface area contributed by atoms with Crippen molar-refractivity contribution in [1.82, 2.24) is 5.32 Å². The Morgan fingerprint density at radius 1 is 1.32 bits per heavy atom. The maximum atomic E-state index is 6.48. The number of piperidine rings is 1. The number of rotatable bonds is 4. The number of halogens is 1. The van der Waals surface area contributed by atoms with Gasteiger partial charge in [0.15, 0.2) is 11.5 Å². The van der Waals surface area contributed by atoms with Gasteiger partial charge in [-0.25, -0.2) is 0 Å². The normalized spacial score (nSPS) is 19.3. The van der Waals surface area contributed by atoms with Crippen molar-refractivity contribution in [2.24, 2.45) is 0 Å². The van der Waals surface area contributed by atoms with E-state index in [2.05, 4.69) is 12.2 Å². The van der Waals surface area contributed by atoms with Gasteiger partial charge in [-0.05, 0) is 49.9 Å². The van der Waals surface area contributed by atoms with Crippen LogP contribution in [-0.4, -0.2) is 26.8 Å². The summed E-state index contributed by atoms with van der Waals surface area (Å²) in [4.78, 5) is 0. The number of hydrogen-bond donors (Lipinski definition) is 1. The molecule has 1 aliphatic rings. The minimum Gasteiger partial charge on any atom is -0.493 e. The number of nitrogens with one attached hydrogen (secondary N) is 1.